The molecule has 1 atom stereocenters. The third-order valence-corrected chi connectivity index (χ3v) is 4.23. The van der Waals surface area contributed by atoms with Crippen molar-refractivity contribution in [3.05, 3.63) is 33.8 Å². The van der Waals surface area contributed by atoms with Gasteiger partial charge < -0.3 is 5.11 Å². The Morgan fingerprint density at radius 1 is 1.12 bits per heavy atom. The van der Waals surface area contributed by atoms with Crippen molar-refractivity contribution in [1.82, 2.24) is 0 Å². The molecule has 0 heterocycles. The molecule has 1 aliphatic carbocycles. The van der Waals surface area contributed by atoms with Crippen molar-refractivity contribution in [3.63, 3.8) is 0 Å². The second kappa shape index (κ2) is 5.39. The Bertz CT molecular complexity index is 359. The van der Waals surface area contributed by atoms with E-state index in [0.717, 1.165) is 18.4 Å². The van der Waals surface area contributed by atoms with Crippen molar-refractivity contribution in [2.75, 3.05) is 0 Å². The van der Waals surface area contributed by atoms with Crippen molar-refractivity contribution in [3.8, 4) is 0 Å². The highest BCUT2D eigenvalue weighted by Crippen LogP contribution is 2.38. The summed E-state index contributed by atoms with van der Waals surface area (Å²) in [5.74, 6) is 0.338. The van der Waals surface area contributed by atoms with Crippen LogP contribution in [-0.4, -0.2) is 5.11 Å². The molecule has 1 aromatic rings. The summed E-state index contributed by atoms with van der Waals surface area (Å²) < 4.78 is 0. The average Bonchev–Trinajstić information content (AvgIpc) is 2.33. The van der Waals surface area contributed by atoms with Crippen LogP contribution in [0.1, 0.15) is 43.8 Å². The van der Waals surface area contributed by atoms with Crippen LogP contribution in [0, 0.1) is 5.92 Å². The molecule has 16 heavy (non-hydrogen) atoms. The van der Waals surface area contributed by atoms with Gasteiger partial charge in [-0.25, -0.2) is 0 Å². The monoisotopic (exact) mass is 258 g/mol. The third kappa shape index (κ3) is 2.53. The lowest BCUT2D eigenvalue weighted by Gasteiger charge is -2.27. The van der Waals surface area contributed by atoms with Gasteiger partial charge in [0.05, 0.1) is 16.1 Å². The van der Waals surface area contributed by atoms with E-state index in [-0.39, 0.29) is 0 Å². The fourth-order valence-electron chi connectivity index (χ4n) is 2.45. The largest absolute Gasteiger partial charge is 0.388 e. The number of benzene rings is 1. The van der Waals surface area contributed by atoms with Gasteiger partial charge in [0.15, 0.2) is 0 Å². The van der Waals surface area contributed by atoms with Gasteiger partial charge >= 0.3 is 0 Å². The molecule has 2 rings (SSSR count). The molecule has 1 aliphatic rings. The second-order valence-electron chi connectivity index (χ2n) is 4.49. The summed E-state index contributed by atoms with van der Waals surface area (Å²) in [6.07, 6.45) is 5.41. The minimum Gasteiger partial charge on any atom is -0.388 e. The van der Waals surface area contributed by atoms with E-state index >= 15 is 0 Å². The van der Waals surface area contributed by atoms with Crippen molar-refractivity contribution >= 4 is 23.2 Å². The molecule has 0 spiro atoms. The molecule has 0 aromatic heterocycles. The molecular formula is C13H16Cl2O. The summed E-state index contributed by atoms with van der Waals surface area (Å²) in [6, 6.07) is 5.46. The summed E-state index contributed by atoms with van der Waals surface area (Å²) in [7, 11) is 0. The van der Waals surface area contributed by atoms with Gasteiger partial charge in [-0.1, -0.05) is 54.6 Å². The fraction of sp³-hybridized carbons (Fsp3) is 0.538. The van der Waals surface area contributed by atoms with Gasteiger partial charge in [0.25, 0.3) is 0 Å². The van der Waals surface area contributed by atoms with Gasteiger partial charge in [0, 0.05) is 5.56 Å². The smallest absolute Gasteiger partial charge is 0.0833 e. The Balaban J connectivity index is 2.19. The fourth-order valence-corrected chi connectivity index (χ4v) is 2.87. The van der Waals surface area contributed by atoms with Crippen molar-refractivity contribution in [1.29, 1.82) is 0 Å². The molecule has 88 valence electrons. The van der Waals surface area contributed by atoms with Gasteiger partial charge in [0.2, 0.25) is 0 Å². The predicted octanol–water partition coefficient (Wildman–Crippen LogP) is 4.61. The third-order valence-electron chi connectivity index (χ3n) is 3.40. The van der Waals surface area contributed by atoms with Crippen molar-refractivity contribution in [2.24, 2.45) is 5.92 Å². The molecule has 1 unspecified atom stereocenters. The highest BCUT2D eigenvalue weighted by molar-refractivity contribution is 6.42. The number of hydrogen-bond donors (Lipinski definition) is 1. The highest BCUT2D eigenvalue weighted by Gasteiger charge is 2.25. The SMILES string of the molecule is OC(c1cccc(Cl)c1Cl)C1CCCCC1. The molecule has 0 aliphatic heterocycles. The van der Waals surface area contributed by atoms with Gasteiger partial charge in [-0.15, -0.1) is 0 Å². The van der Waals surface area contributed by atoms with Crippen LogP contribution in [-0.2, 0) is 0 Å². The first-order valence-electron chi connectivity index (χ1n) is 5.82. The number of hydrogen-bond acceptors (Lipinski definition) is 1. The van der Waals surface area contributed by atoms with Gasteiger partial charge in [-0.05, 0) is 24.8 Å². The summed E-state index contributed by atoms with van der Waals surface area (Å²) in [4.78, 5) is 0. The number of aliphatic hydroxyl groups excluding tert-OH is 1. The zero-order valence-electron chi connectivity index (χ0n) is 9.13. The zero-order chi connectivity index (χ0) is 11.5. The summed E-state index contributed by atoms with van der Waals surface area (Å²) >= 11 is 12.1. The summed E-state index contributed by atoms with van der Waals surface area (Å²) in [6.45, 7) is 0. The molecule has 1 nitrogen and oxygen atoms in total. The molecule has 1 aromatic carbocycles. The van der Waals surface area contributed by atoms with Gasteiger partial charge in [0.1, 0.15) is 0 Å². The van der Waals surface area contributed by atoms with Crippen LogP contribution in [0.3, 0.4) is 0 Å². The maximum Gasteiger partial charge on any atom is 0.0833 e. The zero-order valence-corrected chi connectivity index (χ0v) is 10.6. The Morgan fingerprint density at radius 2 is 1.81 bits per heavy atom. The number of rotatable bonds is 2. The van der Waals surface area contributed by atoms with E-state index in [2.05, 4.69) is 0 Å². The number of halogens is 2. The minimum atomic E-state index is -0.466. The molecule has 0 amide bonds. The molecular weight excluding hydrogens is 243 g/mol. The van der Waals surface area contributed by atoms with Crippen LogP contribution < -0.4 is 0 Å². The van der Waals surface area contributed by atoms with E-state index in [1.54, 1.807) is 6.07 Å². The Morgan fingerprint density at radius 3 is 2.50 bits per heavy atom. The predicted molar refractivity (Wildman–Crippen MR) is 68.0 cm³/mol. The molecule has 0 radical (unpaired) electrons. The lowest BCUT2D eigenvalue weighted by molar-refractivity contribution is 0.0849. The van der Waals surface area contributed by atoms with E-state index in [9.17, 15) is 5.11 Å². The normalized spacial score (nSPS) is 19.7. The van der Waals surface area contributed by atoms with E-state index in [1.165, 1.54) is 19.3 Å². The maximum atomic E-state index is 10.3. The Labute approximate surface area is 106 Å². The summed E-state index contributed by atoms with van der Waals surface area (Å²) in [5, 5.41) is 11.3. The van der Waals surface area contributed by atoms with Crippen molar-refractivity contribution in [2.45, 2.75) is 38.2 Å². The molecule has 0 bridgehead atoms. The van der Waals surface area contributed by atoms with E-state index in [1.807, 2.05) is 12.1 Å². The van der Waals surface area contributed by atoms with E-state index in [4.69, 9.17) is 23.2 Å². The molecule has 1 saturated carbocycles. The molecule has 1 fully saturated rings. The van der Waals surface area contributed by atoms with E-state index in [0.29, 0.717) is 16.0 Å². The first-order valence-corrected chi connectivity index (χ1v) is 6.57. The molecule has 3 heteroatoms. The highest BCUT2D eigenvalue weighted by atomic mass is 35.5. The molecule has 1 N–H and O–H groups in total. The van der Waals surface area contributed by atoms with Crippen LogP contribution in [0.4, 0.5) is 0 Å². The second-order valence-corrected chi connectivity index (χ2v) is 5.27. The van der Waals surface area contributed by atoms with Crippen LogP contribution in [0.25, 0.3) is 0 Å². The van der Waals surface area contributed by atoms with Crippen LogP contribution in [0.2, 0.25) is 10.0 Å². The molecule has 0 saturated heterocycles. The van der Waals surface area contributed by atoms with Gasteiger partial charge in [-0.2, -0.15) is 0 Å². The summed E-state index contributed by atoms with van der Waals surface area (Å²) in [5.41, 5.74) is 0.779. The van der Waals surface area contributed by atoms with Gasteiger partial charge in [-0.3, -0.25) is 0 Å². The Kier molecular flexibility index (Phi) is 4.12. The minimum absolute atomic E-state index is 0.338. The first-order chi connectivity index (χ1) is 7.70. The maximum absolute atomic E-state index is 10.3. The van der Waals surface area contributed by atoms with E-state index < -0.39 is 6.10 Å². The lowest BCUT2D eigenvalue weighted by atomic mass is 9.83. The van der Waals surface area contributed by atoms with Crippen LogP contribution >= 0.6 is 23.2 Å². The van der Waals surface area contributed by atoms with Crippen LogP contribution in [0.15, 0.2) is 18.2 Å². The quantitative estimate of drug-likeness (QED) is 0.822. The number of aliphatic hydroxyl groups is 1. The lowest BCUT2D eigenvalue weighted by Crippen LogP contribution is -2.16. The Hall–Kier alpha value is -0.240. The standard InChI is InChI=1S/C13H16Cl2O/c14-11-8-4-7-10(12(11)15)13(16)9-5-2-1-3-6-9/h4,7-9,13,16H,1-3,5-6H2. The first kappa shape index (κ1) is 12.2. The topological polar surface area (TPSA) is 20.2 Å². The van der Waals surface area contributed by atoms with Crippen molar-refractivity contribution < 1.29 is 5.11 Å². The average molecular weight is 259 g/mol. The van der Waals surface area contributed by atoms with Crippen LogP contribution in [0.5, 0.6) is 0 Å².